The third-order valence-corrected chi connectivity index (χ3v) is 6.46. The van der Waals surface area contributed by atoms with Gasteiger partial charge in [-0.05, 0) is 44.4 Å². The molecule has 2 N–H and O–H groups in total. The summed E-state index contributed by atoms with van der Waals surface area (Å²) in [6.45, 7) is 1.73. The molecule has 4 amide bonds. The Hall–Kier alpha value is -1.85. The molecule has 25 heavy (non-hydrogen) atoms. The zero-order valence-corrected chi connectivity index (χ0v) is 14.7. The highest BCUT2D eigenvalue weighted by atomic mass is 16.2. The Kier molecular flexibility index (Phi) is 4.29. The van der Waals surface area contributed by atoms with Gasteiger partial charge in [-0.25, -0.2) is 4.79 Å². The number of hydrogen-bond acceptors (Lipinski definition) is 3. The lowest BCUT2D eigenvalue weighted by Crippen LogP contribution is -2.54. The molecule has 5 aliphatic rings. The molecule has 136 valence electrons. The maximum atomic E-state index is 12.9. The Labute approximate surface area is 148 Å². The van der Waals surface area contributed by atoms with E-state index < -0.39 is 6.17 Å². The van der Waals surface area contributed by atoms with Gasteiger partial charge in [0.15, 0.2) is 0 Å². The van der Waals surface area contributed by atoms with Gasteiger partial charge in [0, 0.05) is 6.04 Å². The molecular weight excluding hydrogens is 318 g/mol. The van der Waals surface area contributed by atoms with Crippen molar-refractivity contribution in [2.24, 2.45) is 23.7 Å². The number of fused-ring (bicyclic) bond motifs is 1. The van der Waals surface area contributed by atoms with E-state index in [4.69, 9.17) is 0 Å². The average molecular weight is 345 g/mol. The summed E-state index contributed by atoms with van der Waals surface area (Å²) in [4.78, 5) is 39.3. The fourth-order valence-electron chi connectivity index (χ4n) is 5.21. The van der Waals surface area contributed by atoms with E-state index >= 15 is 0 Å². The van der Waals surface area contributed by atoms with E-state index in [2.05, 4.69) is 22.8 Å². The number of amides is 4. The van der Waals surface area contributed by atoms with Crippen molar-refractivity contribution in [1.29, 1.82) is 0 Å². The van der Waals surface area contributed by atoms with Crippen LogP contribution < -0.4 is 10.6 Å². The van der Waals surface area contributed by atoms with Gasteiger partial charge >= 0.3 is 6.03 Å². The molecule has 0 spiro atoms. The quantitative estimate of drug-likeness (QED) is 0.608. The van der Waals surface area contributed by atoms with Crippen molar-refractivity contribution in [1.82, 2.24) is 15.5 Å². The number of carbonyl (C=O) groups excluding carboxylic acids is 3. The van der Waals surface area contributed by atoms with Gasteiger partial charge in [0.2, 0.25) is 11.8 Å². The van der Waals surface area contributed by atoms with Crippen molar-refractivity contribution in [2.75, 3.05) is 0 Å². The summed E-state index contributed by atoms with van der Waals surface area (Å²) in [6.07, 6.45) is 11.1. The highest BCUT2D eigenvalue weighted by molar-refractivity contribution is 6.06. The topological polar surface area (TPSA) is 78.5 Å². The molecule has 3 fully saturated rings. The molecule has 5 rings (SSSR count). The molecule has 1 saturated heterocycles. The lowest BCUT2D eigenvalue weighted by molar-refractivity contribution is -0.142. The van der Waals surface area contributed by atoms with Crippen molar-refractivity contribution in [2.45, 2.75) is 64.1 Å². The van der Waals surface area contributed by atoms with Crippen LogP contribution in [0.1, 0.15) is 51.9 Å². The van der Waals surface area contributed by atoms with Gasteiger partial charge in [-0.2, -0.15) is 0 Å². The van der Waals surface area contributed by atoms with Crippen molar-refractivity contribution in [3.05, 3.63) is 12.2 Å². The SMILES string of the molecule is CC(NC(=O)NC1CCCCC1)N1C(=O)C2C3C=CC(CC3)C2C1=O. The molecule has 5 unspecified atom stereocenters. The van der Waals surface area contributed by atoms with Crippen LogP contribution >= 0.6 is 0 Å². The molecule has 0 aromatic carbocycles. The molecule has 5 atom stereocenters. The summed E-state index contributed by atoms with van der Waals surface area (Å²) in [5.74, 6) is -0.303. The van der Waals surface area contributed by atoms with Crippen molar-refractivity contribution in [3.63, 3.8) is 0 Å². The van der Waals surface area contributed by atoms with Crippen LogP contribution in [0.5, 0.6) is 0 Å². The first-order valence-corrected chi connectivity index (χ1v) is 9.68. The van der Waals surface area contributed by atoms with Gasteiger partial charge in [-0.3, -0.25) is 14.5 Å². The Morgan fingerprint density at radius 3 is 2.08 bits per heavy atom. The molecule has 6 heteroatoms. The standard InChI is InChI=1S/C19H27N3O3/c1-11(20-19(25)21-14-5-3-2-4-6-14)22-17(23)15-12-7-8-13(10-9-12)16(15)18(22)24/h7-8,11-16H,2-6,9-10H2,1H3,(H2,20,21,25). The predicted molar refractivity (Wildman–Crippen MR) is 92.2 cm³/mol. The Balaban J connectivity index is 1.40. The van der Waals surface area contributed by atoms with Gasteiger partial charge < -0.3 is 10.6 Å². The van der Waals surface area contributed by atoms with Crippen LogP contribution in [0.4, 0.5) is 4.79 Å². The Bertz CT molecular complexity index is 579. The molecular formula is C19H27N3O3. The van der Waals surface area contributed by atoms with E-state index in [1.165, 1.54) is 11.3 Å². The molecule has 0 aromatic rings. The molecule has 4 aliphatic carbocycles. The highest BCUT2D eigenvalue weighted by Crippen LogP contribution is 2.49. The highest BCUT2D eigenvalue weighted by Gasteiger charge is 2.57. The fraction of sp³-hybridized carbons (Fsp3) is 0.737. The van der Waals surface area contributed by atoms with Crippen molar-refractivity contribution < 1.29 is 14.4 Å². The van der Waals surface area contributed by atoms with Crippen LogP contribution in [0.3, 0.4) is 0 Å². The molecule has 6 nitrogen and oxygen atoms in total. The van der Waals surface area contributed by atoms with E-state index in [9.17, 15) is 14.4 Å². The Morgan fingerprint density at radius 1 is 1.00 bits per heavy atom. The first-order chi connectivity index (χ1) is 12.1. The number of likely N-dealkylation sites (tertiary alicyclic amines) is 1. The van der Waals surface area contributed by atoms with E-state index in [-0.39, 0.29) is 47.6 Å². The van der Waals surface area contributed by atoms with Crippen LogP contribution in [-0.2, 0) is 9.59 Å². The average Bonchev–Trinajstić information content (AvgIpc) is 2.90. The smallest absolute Gasteiger partial charge is 0.316 e. The molecule has 0 aromatic heterocycles. The summed E-state index contributed by atoms with van der Waals surface area (Å²) >= 11 is 0. The van der Waals surface area contributed by atoms with E-state index in [1.54, 1.807) is 6.92 Å². The number of urea groups is 1. The Morgan fingerprint density at radius 2 is 1.56 bits per heavy atom. The third kappa shape index (κ3) is 2.85. The number of nitrogens with one attached hydrogen (secondary N) is 2. The number of imide groups is 1. The second-order valence-corrected chi connectivity index (χ2v) is 8.02. The summed E-state index contributed by atoms with van der Waals surface area (Å²) in [7, 11) is 0. The minimum Gasteiger partial charge on any atom is -0.335 e. The van der Waals surface area contributed by atoms with Crippen molar-refractivity contribution in [3.8, 4) is 0 Å². The van der Waals surface area contributed by atoms with Crippen LogP contribution in [-0.4, -0.2) is 35.0 Å². The van der Waals surface area contributed by atoms with Gasteiger partial charge in [-0.1, -0.05) is 31.4 Å². The number of hydrogen-bond donors (Lipinski definition) is 2. The first kappa shape index (κ1) is 16.6. The lowest BCUT2D eigenvalue weighted by Gasteiger charge is -2.38. The molecule has 2 bridgehead atoms. The largest absolute Gasteiger partial charge is 0.335 e. The van der Waals surface area contributed by atoms with Gasteiger partial charge in [0.05, 0.1) is 11.8 Å². The summed E-state index contributed by atoms with van der Waals surface area (Å²) in [6, 6.07) is -0.0791. The zero-order chi connectivity index (χ0) is 17.6. The van der Waals surface area contributed by atoms with Gasteiger partial charge in [0.25, 0.3) is 0 Å². The van der Waals surface area contributed by atoms with E-state index in [0.717, 1.165) is 38.5 Å². The summed E-state index contributed by atoms with van der Waals surface area (Å²) in [5, 5.41) is 5.79. The second kappa shape index (κ2) is 6.46. The van der Waals surface area contributed by atoms with Crippen LogP contribution in [0.15, 0.2) is 12.2 Å². The maximum absolute atomic E-state index is 12.9. The molecule has 2 saturated carbocycles. The van der Waals surface area contributed by atoms with Gasteiger partial charge in [-0.15, -0.1) is 0 Å². The zero-order valence-electron chi connectivity index (χ0n) is 14.7. The second-order valence-electron chi connectivity index (χ2n) is 8.02. The maximum Gasteiger partial charge on any atom is 0.316 e. The van der Waals surface area contributed by atoms with Crippen LogP contribution in [0.2, 0.25) is 0 Å². The van der Waals surface area contributed by atoms with E-state index in [1.807, 2.05) is 0 Å². The first-order valence-electron chi connectivity index (χ1n) is 9.68. The minimum absolute atomic E-state index is 0.112. The minimum atomic E-state index is -0.603. The van der Waals surface area contributed by atoms with Crippen LogP contribution in [0, 0.1) is 23.7 Å². The normalized spacial score (nSPS) is 35.6. The molecule has 1 aliphatic heterocycles. The fourth-order valence-corrected chi connectivity index (χ4v) is 5.21. The number of allylic oxidation sites excluding steroid dienone is 2. The number of rotatable bonds is 3. The number of carbonyl (C=O) groups is 3. The van der Waals surface area contributed by atoms with E-state index in [0.29, 0.717) is 0 Å². The molecule has 0 radical (unpaired) electrons. The number of nitrogens with zero attached hydrogens (tertiary/aromatic N) is 1. The summed E-state index contributed by atoms with van der Waals surface area (Å²) in [5.41, 5.74) is 0. The monoisotopic (exact) mass is 345 g/mol. The summed E-state index contributed by atoms with van der Waals surface area (Å²) < 4.78 is 0. The van der Waals surface area contributed by atoms with Gasteiger partial charge in [0.1, 0.15) is 6.17 Å². The lowest BCUT2D eigenvalue weighted by atomic mass is 9.63. The predicted octanol–water partition coefficient (Wildman–Crippen LogP) is 2.16. The third-order valence-electron chi connectivity index (χ3n) is 6.46. The molecule has 1 heterocycles. The van der Waals surface area contributed by atoms with Crippen molar-refractivity contribution >= 4 is 17.8 Å². The van der Waals surface area contributed by atoms with Crippen LogP contribution in [0.25, 0.3) is 0 Å².